The van der Waals surface area contributed by atoms with E-state index in [1.807, 2.05) is 6.92 Å². The molecule has 1 aromatic rings. The number of esters is 1. The molecule has 16 heavy (non-hydrogen) atoms. The highest BCUT2D eigenvalue weighted by Gasteiger charge is 2.12. The van der Waals surface area contributed by atoms with Crippen LogP contribution in [-0.4, -0.2) is 34.5 Å². The summed E-state index contributed by atoms with van der Waals surface area (Å²) in [5.74, 6) is -0.452. The molecule has 1 rings (SSSR count). The van der Waals surface area contributed by atoms with E-state index in [1.165, 1.54) is 18.9 Å². The van der Waals surface area contributed by atoms with Crippen LogP contribution in [0.15, 0.2) is 23.2 Å². The summed E-state index contributed by atoms with van der Waals surface area (Å²) in [7, 11) is 1.32. The maximum absolute atomic E-state index is 11.2. The van der Waals surface area contributed by atoms with Gasteiger partial charge in [0.05, 0.1) is 13.2 Å². The Bertz CT molecular complexity index is 368. The first-order chi connectivity index (χ1) is 7.54. The zero-order valence-electron chi connectivity index (χ0n) is 9.51. The Balaban J connectivity index is 2.78. The van der Waals surface area contributed by atoms with E-state index in [4.69, 9.17) is 0 Å². The number of aromatic nitrogens is 1. The summed E-state index contributed by atoms with van der Waals surface area (Å²) in [4.78, 5) is 16.0. The molecule has 0 aliphatic rings. The zero-order chi connectivity index (χ0) is 12.1. The van der Waals surface area contributed by atoms with E-state index in [9.17, 15) is 9.90 Å². The maximum Gasteiger partial charge on any atom is 0.356 e. The third kappa shape index (κ3) is 3.50. The number of methoxy groups -OCH3 is 1. The molecule has 0 spiro atoms. The average Bonchev–Trinajstić information content (AvgIpc) is 2.28. The highest BCUT2D eigenvalue weighted by molar-refractivity contribution is 8.00. The number of hydrogen-bond acceptors (Lipinski definition) is 5. The van der Waals surface area contributed by atoms with Crippen LogP contribution in [0.4, 0.5) is 0 Å². The summed E-state index contributed by atoms with van der Waals surface area (Å²) >= 11 is 1.50. The van der Waals surface area contributed by atoms with Crippen LogP contribution in [0.2, 0.25) is 0 Å². The van der Waals surface area contributed by atoms with Gasteiger partial charge < -0.3 is 9.84 Å². The highest BCUT2D eigenvalue weighted by Crippen LogP contribution is 2.25. The molecule has 1 heterocycles. The lowest BCUT2D eigenvalue weighted by atomic mass is 10.3. The number of pyridine rings is 1. The number of hydrogen-bond donors (Lipinski definition) is 1. The van der Waals surface area contributed by atoms with Crippen molar-refractivity contribution >= 4 is 17.7 Å². The van der Waals surface area contributed by atoms with Crippen molar-refractivity contribution in [1.82, 2.24) is 4.98 Å². The molecule has 4 nitrogen and oxygen atoms in total. The van der Waals surface area contributed by atoms with Crippen molar-refractivity contribution < 1.29 is 14.6 Å². The van der Waals surface area contributed by atoms with Gasteiger partial charge >= 0.3 is 5.97 Å². The Morgan fingerprint density at radius 1 is 1.56 bits per heavy atom. The first-order valence-electron chi connectivity index (χ1n) is 4.93. The number of aliphatic hydroxyl groups excluding tert-OH is 1. The van der Waals surface area contributed by atoms with Crippen LogP contribution in [0.1, 0.15) is 24.3 Å². The van der Waals surface area contributed by atoms with Gasteiger partial charge in [-0.15, -0.1) is 11.8 Å². The average molecular weight is 241 g/mol. The van der Waals surface area contributed by atoms with Crippen molar-refractivity contribution in [2.45, 2.75) is 30.1 Å². The molecule has 0 aliphatic carbocycles. The normalized spacial score (nSPS) is 14.2. The number of ether oxygens (including phenoxy) is 1. The lowest BCUT2D eigenvalue weighted by Gasteiger charge is -2.13. The molecule has 5 heteroatoms. The molecule has 0 saturated carbocycles. The van der Waals surface area contributed by atoms with Crippen LogP contribution in [0.5, 0.6) is 0 Å². The van der Waals surface area contributed by atoms with Gasteiger partial charge in [0, 0.05) is 16.3 Å². The number of thioether (sulfide) groups is 1. The van der Waals surface area contributed by atoms with Crippen LogP contribution in [0.25, 0.3) is 0 Å². The molecule has 0 bridgehead atoms. The van der Waals surface area contributed by atoms with Gasteiger partial charge in [-0.3, -0.25) is 0 Å². The Kier molecular flexibility index (Phi) is 4.76. The second kappa shape index (κ2) is 5.86. The number of nitrogens with zero attached hydrogens (tertiary/aromatic N) is 1. The van der Waals surface area contributed by atoms with Crippen LogP contribution < -0.4 is 0 Å². The quantitative estimate of drug-likeness (QED) is 0.642. The minimum Gasteiger partial charge on any atom is -0.464 e. The first kappa shape index (κ1) is 13.0. The lowest BCUT2D eigenvalue weighted by molar-refractivity contribution is 0.0593. The van der Waals surface area contributed by atoms with Crippen LogP contribution in [0.3, 0.4) is 0 Å². The monoisotopic (exact) mass is 241 g/mol. The van der Waals surface area contributed by atoms with E-state index in [-0.39, 0.29) is 10.9 Å². The lowest BCUT2D eigenvalue weighted by Crippen LogP contribution is -2.15. The minimum absolute atomic E-state index is 0.0629. The van der Waals surface area contributed by atoms with Crippen molar-refractivity contribution in [1.29, 1.82) is 0 Å². The van der Waals surface area contributed by atoms with Crippen molar-refractivity contribution in [3.05, 3.63) is 24.0 Å². The van der Waals surface area contributed by atoms with E-state index in [1.54, 1.807) is 25.3 Å². The van der Waals surface area contributed by atoms with E-state index in [0.29, 0.717) is 0 Å². The van der Waals surface area contributed by atoms with E-state index in [0.717, 1.165) is 4.90 Å². The molecular formula is C11H15NO3S. The van der Waals surface area contributed by atoms with Gasteiger partial charge in [-0.25, -0.2) is 9.78 Å². The fourth-order valence-corrected chi connectivity index (χ4v) is 1.96. The third-order valence-electron chi connectivity index (χ3n) is 2.13. The molecule has 1 aromatic heterocycles. The van der Waals surface area contributed by atoms with Gasteiger partial charge in [0.15, 0.2) is 0 Å². The summed E-state index contributed by atoms with van der Waals surface area (Å²) in [6.45, 7) is 3.66. The SMILES string of the molecule is COC(=O)c1cc(SC(C)C(C)O)ccn1. The smallest absolute Gasteiger partial charge is 0.356 e. The summed E-state index contributed by atoms with van der Waals surface area (Å²) < 4.78 is 4.58. The Morgan fingerprint density at radius 3 is 2.81 bits per heavy atom. The number of carbonyl (C=O) groups is 1. The second-order valence-electron chi connectivity index (χ2n) is 3.43. The molecule has 0 aliphatic heterocycles. The van der Waals surface area contributed by atoms with Crippen molar-refractivity contribution in [2.24, 2.45) is 0 Å². The van der Waals surface area contributed by atoms with Crippen LogP contribution in [0, 0.1) is 0 Å². The first-order valence-corrected chi connectivity index (χ1v) is 5.81. The predicted molar refractivity (Wildman–Crippen MR) is 62.6 cm³/mol. The van der Waals surface area contributed by atoms with Crippen molar-refractivity contribution in [3.8, 4) is 0 Å². The standard InChI is InChI=1S/C11H15NO3S/c1-7(13)8(2)16-9-4-5-12-10(6-9)11(14)15-3/h4-8,13H,1-3H3. The number of carbonyl (C=O) groups excluding carboxylic acids is 1. The van der Waals surface area contributed by atoms with Crippen molar-refractivity contribution in [3.63, 3.8) is 0 Å². The van der Waals surface area contributed by atoms with Gasteiger partial charge in [-0.2, -0.15) is 0 Å². The Morgan fingerprint density at radius 2 is 2.25 bits per heavy atom. The van der Waals surface area contributed by atoms with E-state index in [2.05, 4.69) is 9.72 Å². The molecule has 2 atom stereocenters. The Hall–Kier alpha value is -1.07. The van der Waals surface area contributed by atoms with E-state index < -0.39 is 12.1 Å². The summed E-state index contributed by atoms with van der Waals surface area (Å²) in [5, 5.41) is 9.44. The van der Waals surface area contributed by atoms with Gasteiger partial charge in [0.1, 0.15) is 5.69 Å². The third-order valence-corrected chi connectivity index (χ3v) is 3.42. The maximum atomic E-state index is 11.2. The van der Waals surface area contributed by atoms with Gasteiger partial charge in [0.25, 0.3) is 0 Å². The topological polar surface area (TPSA) is 59.4 Å². The molecule has 0 radical (unpaired) electrons. The highest BCUT2D eigenvalue weighted by atomic mass is 32.2. The molecule has 88 valence electrons. The summed E-state index contributed by atoms with van der Waals surface area (Å²) in [5.41, 5.74) is 0.283. The molecule has 0 saturated heterocycles. The summed E-state index contributed by atoms with van der Waals surface area (Å²) in [6.07, 6.45) is 1.16. The van der Waals surface area contributed by atoms with Gasteiger partial charge in [0.2, 0.25) is 0 Å². The van der Waals surface area contributed by atoms with Crippen molar-refractivity contribution in [2.75, 3.05) is 7.11 Å². The largest absolute Gasteiger partial charge is 0.464 e. The molecule has 0 fully saturated rings. The Labute approximate surface area is 99.0 Å². The second-order valence-corrected chi connectivity index (χ2v) is 4.88. The molecule has 0 amide bonds. The minimum atomic E-state index is -0.452. The summed E-state index contributed by atoms with van der Waals surface area (Å²) in [6, 6.07) is 3.46. The number of rotatable bonds is 4. The van der Waals surface area contributed by atoms with Gasteiger partial charge in [-0.05, 0) is 19.1 Å². The zero-order valence-corrected chi connectivity index (χ0v) is 10.3. The van der Waals surface area contributed by atoms with Crippen LogP contribution >= 0.6 is 11.8 Å². The predicted octanol–water partition coefficient (Wildman–Crippen LogP) is 1.73. The fraction of sp³-hybridized carbons (Fsp3) is 0.455. The van der Waals surface area contributed by atoms with Gasteiger partial charge in [-0.1, -0.05) is 6.92 Å². The number of aliphatic hydroxyl groups is 1. The van der Waals surface area contributed by atoms with E-state index >= 15 is 0 Å². The molecule has 2 unspecified atom stereocenters. The molecule has 1 N–H and O–H groups in total. The van der Waals surface area contributed by atoms with Crippen LogP contribution in [-0.2, 0) is 4.74 Å². The fourth-order valence-electron chi connectivity index (χ4n) is 1.01. The molecular weight excluding hydrogens is 226 g/mol. The molecule has 0 aromatic carbocycles.